The zero-order chi connectivity index (χ0) is 24.7. The van der Waals surface area contributed by atoms with Gasteiger partial charge in [-0.3, -0.25) is 14.9 Å². The van der Waals surface area contributed by atoms with Crippen LogP contribution in [0.3, 0.4) is 0 Å². The van der Waals surface area contributed by atoms with Crippen LogP contribution in [-0.2, 0) is 16.0 Å². The number of ether oxygens (including phenoxy) is 1. The number of fused-ring (bicyclic) bond motifs is 1. The lowest BCUT2D eigenvalue weighted by atomic mass is 10.0. The molecule has 1 aromatic heterocycles. The average molecular weight is 486 g/mol. The molecule has 0 spiro atoms. The van der Waals surface area contributed by atoms with Crippen LogP contribution >= 0.6 is 11.6 Å². The summed E-state index contributed by atoms with van der Waals surface area (Å²) in [5, 5.41) is 18.4. The maximum absolute atomic E-state index is 12.9. The van der Waals surface area contributed by atoms with Crippen LogP contribution in [0, 0.1) is 16.0 Å². The van der Waals surface area contributed by atoms with Crippen LogP contribution < -0.4 is 10.7 Å². The second-order valence-electron chi connectivity index (χ2n) is 7.96. The van der Waals surface area contributed by atoms with Crippen LogP contribution in [0.25, 0.3) is 10.9 Å². The number of amides is 2. The predicted molar refractivity (Wildman–Crippen MR) is 129 cm³/mol. The molecule has 0 radical (unpaired) electrons. The van der Waals surface area contributed by atoms with E-state index in [0.717, 1.165) is 16.5 Å². The number of nitrogens with zero attached hydrogens (tertiary/aromatic N) is 2. The van der Waals surface area contributed by atoms with E-state index in [0.29, 0.717) is 5.56 Å². The van der Waals surface area contributed by atoms with Gasteiger partial charge in [0.15, 0.2) is 0 Å². The van der Waals surface area contributed by atoms with Crippen molar-refractivity contribution in [2.24, 2.45) is 11.0 Å². The highest BCUT2D eigenvalue weighted by Gasteiger charge is 2.23. The van der Waals surface area contributed by atoms with Crippen molar-refractivity contribution in [3.63, 3.8) is 0 Å². The number of nitro groups is 1. The molecule has 3 rings (SSSR count). The first-order valence-electron chi connectivity index (χ1n) is 10.5. The minimum atomic E-state index is -0.976. The molecule has 1 heterocycles. The number of carbonyl (C=O) groups is 2. The average Bonchev–Trinajstić information content (AvgIpc) is 3.21. The van der Waals surface area contributed by atoms with Crippen molar-refractivity contribution in [3.8, 4) is 0 Å². The number of carbonyl (C=O) groups excluding carboxylic acids is 2. The van der Waals surface area contributed by atoms with Crippen LogP contribution in [-0.4, -0.2) is 40.8 Å². The van der Waals surface area contributed by atoms with Crippen molar-refractivity contribution in [1.29, 1.82) is 0 Å². The number of H-pyrrole nitrogens is 1. The molecule has 0 unspecified atom stereocenters. The Morgan fingerprint density at radius 3 is 2.76 bits per heavy atom. The minimum absolute atomic E-state index is 0.00547. The van der Waals surface area contributed by atoms with Gasteiger partial charge in [-0.1, -0.05) is 49.7 Å². The van der Waals surface area contributed by atoms with Crippen LogP contribution in [0.1, 0.15) is 25.0 Å². The molecule has 10 nitrogen and oxygen atoms in total. The lowest BCUT2D eigenvalue weighted by molar-refractivity contribution is -0.384. The summed E-state index contributed by atoms with van der Waals surface area (Å²) in [6, 6.07) is 10.8. The largest absolute Gasteiger partial charge is 0.449 e. The van der Waals surface area contributed by atoms with Crippen LogP contribution in [0.5, 0.6) is 0 Å². The molecule has 0 aliphatic carbocycles. The summed E-state index contributed by atoms with van der Waals surface area (Å²) in [5.74, 6) is -0.439. The van der Waals surface area contributed by atoms with Gasteiger partial charge in [-0.15, -0.1) is 0 Å². The topological polar surface area (TPSA) is 139 Å². The van der Waals surface area contributed by atoms with Crippen LogP contribution in [0.4, 0.5) is 10.5 Å². The van der Waals surface area contributed by atoms with E-state index in [1.54, 1.807) is 6.20 Å². The molecule has 0 fully saturated rings. The first kappa shape index (κ1) is 24.7. The van der Waals surface area contributed by atoms with Gasteiger partial charge in [-0.05, 0) is 23.6 Å². The van der Waals surface area contributed by atoms with E-state index >= 15 is 0 Å². The van der Waals surface area contributed by atoms with Crippen molar-refractivity contribution < 1.29 is 19.2 Å². The van der Waals surface area contributed by atoms with E-state index < -0.39 is 23.0 Å². The summed E-state index contributed by atoms with van der Waals surface area (Å²) in [6.07, 6.45) is 2.50. The zero-order valence-corrected chi connectivity index (χ0v) is 19.3. The molecule has 3 aromatic rings. The maximum Gasteiger partial charge on any atom is 0.407 e. The van der Waals surface area contributed by atoms with E-state index in [1.807, 2.05) is 38.1 Å². The standard InChI is InChI=1S/C23H24ClN5O5/c1-14(2)13-34-23(31)27-20(10-16-12-25-19-6-4-3-5-17(16)19)22(30)28-26-11-15-7-8-18(24)21(9-15)29(32)33/h3-9,11-12,14,20,25H,10,13H2,1-2H3,(H,27,31)(H,28,30)/b26-11-/t20-/m0/s1. The number of alkyl carbamates (subject to hydrolysis) is 1. The van der Waals surface area contributed by atoms with Gasteiger partial charge in [0.1, 0.15) is 11.1 Å². The summed E-state index contributed by atoms with van der Waals surface area (Å²) in [5.41, 5.74) is 4.20. The van der Waals surface area contributed by atoms with Crippen molar-refractivity contribution in [2.75, 3.05) is 6.61 Å². The number of hydrogen-bond acceptors (Lipinski definition) is 6. The molecule has 34 heavy (non-hydrogen) atoms. The molecule has 2 amide bonds. The normalized spacial score (nSPS) is 12.1. The summed E-state index contributed by atoms with van der Waals surface area (Å²) >= 11 is 5.81. The number of hydrogen-bond donors (Lipinski definition) is 3. The number of halogens is 1. The van der Waals surface area contributed by atoms with Crippen molar-refractivity contribution >= 4 is 46.4 Å². The van der Waals surface area contributed by atoms with Gasteiger partial charge in [-0.2, -0.15) is 5.10 Å². The number of nitrogens with one attached hydrogen (secondary N) is 3. The first-order chi connectivity index (χ1) is 16.2. The summed E-state index contributed by atoms with van der Waals surface area (Å²) in [7, 11) is 0. The third-order valence-electron chi connectivity index (χ3n) is 4.81. The van der Waals surface area contributed by atoms with Gasteiger partial charge in [0.05, 0.1) is 17.7 Å². The number of hydrazone groups is 1. The number of benzene rings is 2. The van der Waals surface area contributed by atoms with E-state index in [1.165, 1.54) is 24.4 Å². The summed E-state index contributed by atoms with van der Waals surface area (Å²) in [4.78, 5) is 38.7. The molecule has 178 valence electrons. The SMILES string of the molecule is CC(C)COC(=O)N[C@@H](Cc1c[nH]c2ccccc12)C(=O)N/N=C\c1ccc(Cl)c([N+](=O)[O-])c1. The Labute approximate surface area is 200 Å². The molecule has 0 aliphatic heterocycles. The van der Waals surface area contributed by atoms with Gasteiger partial charge in [-0.25, -0.2) is 10.2 Å². The van der Waals surface area contributed by atoms with Gasteiger partial charge in [0.2, 0.25) is 0 Å². The van der Waals surface area contributed by atoms with Gasteiger partial charge < -0.3 is 15.0 Å². The number of para-hydroxylation sites is 1. The lowest BCUT2D eigenvalue weighted by Gasteiger charge is -2.17. The molecular weight excluding hydrogens is 462 g/mol. The second-order valence-corrected chi connectivity index (χ2v) is 8.36. The Hall–Kier alpha value is -3.92. The third kappa shape index (κ3) is 6.55. The molecule has 11 heteroatoms. The number of aromatic nitrogens is 1. The van der Waals surface area contributed by atoms with E-state index in [2.05, 4.69) is 20.8 Å². The van der Waals surface area contributed by atoms with E-state index in [4.69, 9.17) is 16.3 Å². The Balaban J connectivity index is 1.74. The highest BCUT2D eigenvalue weighted by atomic mass is 35.5. The second kappa shape index (κ2) is 11.3. The Morgan fingerprint density at radius 1 is 1.26 bits per heavy atom. The van der Waals surface area contributed by atoms with Crippen LogP contribution in [0.2, 0.25) is 5.02 Å². The molecule has 0 saturated heterocycles. The quantitative estimate of drug-likeness (QED) is 0.237. The molecular formula is C23H24ClN5O5. The number of nitro benzene ring substituents is 1. The van der Waals surface area contributed by atoms with Gasteiger partial charge >= 0.3 is 6.09 Å². The fraction of sp³-hybridized carbons (Fsp3) is 0.261. The predicted octanol–water partition coefficient (Wildman–Crippen LogP) is 4.17. The Morgan fingerprint density at radius 2 is 2.03 bits per heavy atom. The summed E-state index contributed by atoms with van der Waals surface area (Å²) < 4.78 is 5.16. The van der Waals surface area contributed by atoms with Crippen molar-refractivity contribution in [2.45, 2.75) is 26.3 Å². The maximum atomic E-state index is 12.9. The third-order valence-corrected chi connectivity index (χ3v) is 5.13. The minimum Gasteiger partial charge on any atom is -0.449 e. The zero-order valence-electron chi connectivity index (χ0n) is 18.6. The summed E-state index contributed by atoms with van der Waals surface area (Å²) in [6.45, 7) is 4.01. The Kier molecular flexibility index (Phi) is 8.20. The van der Waals surface area contributed by atoms with E-state index in [-0.39, 0.29) is 29.7 Å². The molecule has 0 saturated carbocycles. The smallest absolute Gasteiger partial charge is 0.407 e. The first-order valence-corrected chi connectivity index (χ1v) is 10.9. The number of rotatable bonds is 9. The number of aromatic amines is 1. The molecule has 1 atom stereocenters. The fourth-order valence-corrected chi connectivity index (χ4v) is 3.34. The van der Waals surface area contributed by atoms with E-state index in [9.17, 15) is 19.7 Å². The van der Waals surface area contributed by atoms with Crippen molar-refractivity contribution in [3.05, 3.63) is 74.9 Å². The van der Waals surface area contributed by atoms with Crippen molar-refractivity contribution in [1.82, 2.24) is 15.7 Å². The monoisotopic (exact) mass is 485 g/mol. The molecule has 0 bridgehead atoms. The lowest BCUT2D eigenvalue weighted by Crippen LogP contribution is -2.47. The van der Waals surface area contributed by atoms with Gasteiger partial charge in [0, 0.05) is 35.2 Å². The molecule has 2 aromatic carbocycles. The molecule has 0 aliphatic rings. The van der Waals surface area contributed by atoms with Crippen LogP contribution in [0.15, 0.2) is 53.8 Å². The van der Waals surface area contributed by atoms with Gasteiger partial charge in [0.25, 0.3) is 11.6 Å². The molecule has 3 N–H and O–H groups in total. The highest BCUT2D eigenvalue weighted by molar-refractivity contribution is 6.32. The Bertz CT molecular complexity index is 1220. The highest BCUT2D eigenvalue weighted by Crippen LogP contribution is 2.24. The fourth-order valence-electron chi connectivity index (χ4n) is 3.15.